The lowest BCUT2D eigenvalue weighted by atomic mass is 10.0. The molecule has 6 rings (SSSR count). The third kappa shape index (κ3) is 7.42. The van der Waals surface area contributed by atoms with Crippen molar-refractivity contribution in [3.05, 3.63) is 87.2 Å². The van der Waals surface area contributed by atoms with Crippen molar-refractivity contribution in [2.75, 3.05) is 26.2 Å². The van der Waals surface area contributed by atoms with Crippen LogP contribution in [0.15, 0.2) is 71.2 Å². The molecule has 0 saturated carbocycles. The van der Waals surface area contributed by atoms with Crippen LogP contribution in [0.5, 0.6) is 5.75 Å². The summed E-state index contributed by atoms with van der Waals surface area (Å²) in [5, 5.41) is 7.48. The summed E-state index contributed by atoms with van der Waals surface area (Å²) >= 11 is 5.12. The summed E-state index contributed by atoms with van der Waals surface area (Å²) in [7, 11) is 0. The van der Waals surface area contributed by atoms with E-state index in [-0.39, 0.29) is 18.1 Å². The van der Waals surface area contributed by atoms with Crippen LogP contribution >= 0.6 is 27.3 Å². The van der Waals surface area contributed by atoms with Crippen LogP contribution < -0.4 is 15.4 Å². The maximum absolute atomic E-state index is 13.1. The van der Waals surface area contributed by atoms with Crippen molar-refractivity contribution in [3.63, 3.8) is 0 Å². The number of hydrogen-bond donors (Lipinski definition) is 2. The second-order valence-corrected chi connectivity index (χ2v) is 13.2. The molecule has 0 bridgehead atoms. The van der Waals surface area contributed by atoms with Gasteiger partial charge in [0.15, 0.2) is 0 Å². The van der Waals surface area contributed by atoms with E-state index < -0.39 is 11.7 Å². The number of hydrogen-bond acceptors (Lipinski definition) is 5. The number of ether oxygens (including phenoxy) is 1. The Labute approximate surface area is 261 Å². The SMILES string of the molecule is O=C(NC1CCN(Cc2ccc(OC3CCNCC3)c(Br)c2)CC1)c1cc2cc(-c3ccc(C(F)(F)F)cc3)ccc2s1. The number of nitrogens with zero attached hydrogens (tertiary/aromatic N) is 1. The molecule has 5 nitrogen and oxygen atoms in total. The molecule has 2 fully saturated rings. The van der Waals surface area contributed by atoms with Crippen LogP contribution in [0.4, 0.5) is 13.2 Å². The maximum atomic E-state index is 13.1. The van der Waals surface area contributed by atoms with Crippen molar-refractivity contribution in [2.24, 2.45) is 0 Å². The molecular formula is C33H33BrF3N3O2S. The summed E-state index contributed by atoms with van der Waals surface area (Å²) in [6, 6.07) is 19.2. The summed E-state index contributed by atoms with van der Waals surface area (Å²) < 4.78 is 46.9. The van der Waals surface area contributed by atoms with Crippen molar-refractivity contribution in [2.45, 2.75) is 50.6 Å². The predicted octanol–water partition coefficient (Wildman–Crippen LogP) is 7.87. The third-order valence-electron chi connectivity index (χ3n) is 8.19. The number of amides is 1. The highest BCUT2D eigenvalue weighted by atomic mass is 79.9. The minimum Gasteiger partial charge on any atom is -0.489 e. The molecule has 1 amide bonds. The smallest absolute Gasteiger partial charge is 0.416 e. The maximum Gasteiger partial charge on any atom is 0.416 e. The number of rotatable bonds is 7. The van der Waals surface area contributed by atoms with Crippen LogP contribution in [-0.4, -0.2) is 49.1 Å². The summed E-state index contributed by atoms with van der Waals surface area (Å²) in [6.07, 6.45) is -0.291. The molecule has 226 valence electrons. The Hall–Kier alpha value is -2.92. The number of fused-ring (bicyclic) bond motifs is 1. The van der Waals surface area contributed by atoms with Crippen molar-refractivity contribution in [1.29, 1.82) is 0 Å². The lowest BCUT2D eigenvalue weighted by Crippen LogP contribution is -2.44. The first-order valence-electron chi connectivity index (χ1n) is 14.6. The highest BCUT2D eigenvalue weighted by Gasteiger charge is 2.30. The summed E-state index contributed by atoms with van der Waals surface area (Å²) in [5.41, 5.74) is 2.08. The fourth-order valence-corrected chi connectivity index (χ4v) is 7.23. The zero-order valence-electron chi connectivity index (χ0n) is 23.6. The standard InChI is InChI=1S/C33H33BrF3N3O2S/c34-28-17-21(1-7-29(28)42-27-9-13-38-14-10-27)20-40-15-11-26(12-16-40)39-32(41)31-19-24-18-23(4-8-30(24)43-31)22-2-5-25(6-3-22)33(35,36)37/h1-8,17-19,26-27,38H,9-16,20H2,(H,39,41). The van der Waals surface area contributed by atoms with E-state index in [0.29, 0.717) is 10.4 Å². The van der Waals surface area contributed by atoms with Gasteiger partial charge < -0.3 is 15.4 Å². The van der Waals surface area contributed by atoms with Crippen LogP contribution in [0.2, 0.25) is 0 Å². The molecule has 0 radical (unpaired) electrons. The molecule has 0 atom stereocenters. The van der Waals surface area contributed by atoms with Gasteiger partial charge in [-0.1, -0.05) is 24.3 Å². The molecule has 3 aromatic carbocycles. The Morgan fingerprint density at radius 2 is 1.67 bits per heavy atom. The third-order valence-corrected chi connectivity index (χ3v) is 9.93. The number of alkyl halides is 3. The average Bonchev–Trinajstić information content (AvgIpc) is 3.44. The van der Waals surface area contributed by atoms with Crippen molar-refractivity contribution in [1.82, 2.24) is 15.5 Å². The zero-order chi connectivity index (χ0) is 30.0. The van der Waals surface area contributed by atoms with Crippen LogP contribution in [0.25, 0.3) is 21.2 Å². The van der Waals surface area contributed by atoms with E-state index in [1.165, 1.54) is 29.0 Å². The van der Waals surface area contributed by atoms with Crippen molar-refractivity contribution >= 4 is 43.3 Å². The van der Waals surface area contributed by atoms with Gasteiger partial charge in [0.25, 0.3) is 5.91 Å². The van der Waals surface area contributed by atoms with Gasteiger partial charge in [-0.25, -0.2) is 0 Å². The van der Waals surface area contributed by atoms with Crippen molar-refractivity contribution < 1.29 is 22.7 Å². The fraction of sp³-hybridized carbons (Fsp3) is 0.364. The lowest BCUT2D eigenvalue weighted by Gasteiger charge is -2.32. The van der Waals surface area contributed by atoms with Gasteiger partial charge in [0.05, 0.1) is 14.9 Å². The Kier molecular flexibility index (Phi) is 9.09. The lowest BCUT2D eigenvalue weighted by molar-refractivity contribution is -0.137. The first kappa shape index (κ1) is 30.1. The van der Waals surface area contributed by atoms with Gasteiger partial charge in [0.1, 0.15) is 11.9 Å². The highest BCUT2D eigenvalue weighted by molar-refractivity contribution is 9.10. The average molecular weight is 673 g/mol. The van der Waals surface area contributed by atoms with Crippen molar-refractivity contribution in [3.8, 4) is 16.9 Å². The number of benzene rings is 3. The minimum absolute atomic E-state index is 0.0796. The van der Waals surface area contributed by atoms with Crippen LogP contribution in [0.3, 0.4) is 0 Å². The van der Waals surface area contributed by atoms with E-state index in [4.69, 9.17) is 4.74 Å². The number of likely N-dealkylation sites (tertiary alicyclic amines) is 1. The molecule has 10 heteroatoms. The topological polar surface area (TPSA) is 53.6 Å². The van der Waals surface area contributed by atoms with E-state index in [1.807, 2.05) is 24.3 Å². The number of thiophene rings is 1. The Balaban J connectivity index is 1.01. The second kappa shape index (κ2) is 13.0. The molecule has 2 N–H and O–H groups in total. The predicted molar refractivity (Wildman–Crippen MR) is 169 cm³/mol. The molecule has 0 spiro atoms. The van der Waals surface area contributed by atoms with Gasteiger partial charge >= 0.3 is 6.18 Å². The fourth-order valence-electron chi connectivity index (χ4n) is 5.77. The largest absolute Gasteiger partial charge is 0.489 e. The molecule has 1 aromatic heterocycles. The normalized spacial score (nSPS) is 17.3. The van der Waals surface area contributed by atoms with Gasteiger partial charge in [0, 0.05) is 30.4 Å². The van der Waals surface area contributed by atoms with E-state index in [0.717, 1.165) is 96.4 Å². The molecule has 4 aromatic rings. The highest BCUT2D eigenvalue weighted by Crippen LogP contribution is 2.34. The first-order valence-corrected chi connectivity index (χ1v) is 16.2. The van der Waals surface area contributed by atoms with Gasteiger partial charge in [0.2, 0.25) is 0 Å². The van der Waals surface area contributed by atoms with Crippen LogP contribution in [0.1, 0.15) is 46.5 Å². The summed E-state index contributed by atoms with van der Waals surface area (Å²) in [6.45, 7) is 4.65. The first-order chi connectivity index (χ1) is 20.7. The molecular weight excluding hydrogens is 639 g/mol. The number of piperidine rings is 2. The zero-order valence-corrected chi connectivity index (χ0v) is 26.0. The molecule has 43 heavy (non-hydrogen) atoms. The molecule has 0 unspecified atom stereocenters. The van der Waals surface area contributed by atoms with Gasteiger partial charge in [-0.15, -0.1) is 11.3 Å². The number of nitrogens with one attached hydrogen (secondary N) is 2. The van der Waals surface area contributed by atoms with Gasteiger partial charge in [-0.3, -0.25) is 9.69 Å². The van der Waals surface area contributed by atoms with Crippen LogP contribution in [0, 0.1) is 0 Å². The van der Waals surface area contributed by atoms with E-state index in [9.17, 15) is 18.0 Å². The molecule has 2 saturated heterocycles. The second-order valence-electron chi connectivity index (χ2n) is 11.3. The minimum atomic E-state index is -4.36. The number of halogens is 4. The Morgan fingerprint density at radius 3 is 2.37 bits per heavy atom. The van der Waals surface area contributed by atoms with Gasteiger partial charge in [-0.05, 0) is 119 Å². The van der Waals surface area contributed by atoms with Gasteiger partial charge in [-0.2, -0.15) is 13.2 Å². The molecule has 2 aliphatic heterocycles. The van der Waals surface area contributed by atoms with E-state index in [1.54, 1.807) is 0 Å². The number of carbonyl (C=O) groups is 1. The monoisotopic (exact) mass is 671 g/mol. The summed E-state index contributed by atoms with van der Waals surface area (Å²) in [4.78, 5) is 16.2. The van der Waals surface area contributed by atoms with E-state index >= 15 is 0 Å². The Bertz CT molecular complexity index is 1580. The molecule has 3 heterocycles. The van der Waals surface area contributed by atoms with E-state index in [2.05, 4.69) is 49.7 Å². The summed E-state index contributed by atoms with van der Waals surface area (Å²) in [5.74, 6) is 0.818. The quantitative estimate of drug-likeness (QED) is 0.210. The molecule has 0 aliphatic carbocycles. The Morgan fingerprint density at radius 1 is 0.953 bits per heavy atom. The molecule has 2 aliphatic rings. The van der Waals surface area contributed by atoms with Crippen LogP contribution in [-0.2, 0) is 12.7 Å². The number of carbonyl (C=O) groups excluding carboxylic acids is 1.